The summed E-state index contributed by atoms with van der Waals surface area (Å²) in [6.45, 7) is 8.36. The van der Waals surface area contributed by atoms with E-state index in [0.717, 1.165) is 117 Å². The molecule has 0 aliphatic carbocycles. The van der Waals surface area contributed by atoms with E-state index >= 15 is 0 Å². The fraction of sp³-hybridized carbons (Fsp3) is 0.304. The first-order valence-corrected chi connectivity index (χ1v) is 20.1. The van der Waals surface area contributed by atoms with Crippen LogP contribution in [0.4, 0.5) is 0 Å². The molecule has 0 aromatic carbocycles. The average Bonchev–Trinajstić information content (AvgIpc) is 4.09. The van der Waals surface area contributed by atoms with Crippen molar-refractivity contribution in [3.05, 3.63) is 107 Å². The molecule has 2 N–H and O–H groups in total. The van der Waals surface area contributed by atoms with Gasteiger partial charge in [0, 0.05) is 59.6 Å². The van der Waals surface area contributed by atoms with Crippen LogP contribution in [0.3, 0.4) is 0 Å². The number of rotatable bonds is 18. The molecule has 0 spiro atoms. The molecule has 0 fully saturated rings. The minimum absolute atomic E-state index is 0.594. The van der Waals surface area contributed by atoms with Gasteiger partial charge in [0.05, 0.1) is 57.4 Å². The van der Waals surface area contributed by atoms with Gasteiger partial charge in [-0.1, -0.05) is 37.0 Å². The van der Waals surface area contributed by atoms with E-state index < -0.39 is 0 Å². The van der Waals surface area contributed by atoms with Crippen molar-refractivity contribution in [3.8, 4) is 22.5 Å². The zero-order chi connectivity index (χ0) is 40.1. The van der Waals surface area contributed by atoms with E-state index in [-0.39, 0.29) is 0 Å². The Labute approximate surface area is 339 Å². The molecule has 8 bridgehead atoms. The van der Waals surface area contributed by atoms with Crippen LogP contribution in [0.15, 0.2) is 83.4 Å². The number of aromatic nitrogens is 6. The molecule has 0 unspecified atom stereocenters. The number of fused-ring (bicyclic) bond motifs is 8. The van der Waals surface area contributed by atoms with Crippen molar-refractivity contribution in [2.24, 2.45) is 10.3 Å². The van der Waals surface area contributed by atoms with Crippen molar-refractivity contribution in [1.29, 1.82) is 0 Å². The van der Waals surface area contributed by atoms with Crippen molar-refractivity contribution in [2.45, 2.75) is 52.6 Å². The highest BCUT2D eigenvalue weighted by atomic mass is 16.6. The van der Waals surface area contributed by atoms with Crippen molar-refractivity contribution in [3.63, 3.8) is 0 Å². The molecule has 0 radical (unpaired) electrons. The highest BCUT2D eigenvalue weighted by Gasteiger charge is 2.23. The van der Waals surface area contributed by atoms with Gasteiger partial charge in [0.15, 0.2) is 25.5 Å². The van der Waals surface area contributed by atoms with Gasteiger partial charge in [0.2, 0.25) is 11.4 Å². The van der Waals surface area contributed by atoms with E-state index in [4.69, 9.17) is 29.1 Å². The predicted molar refractivity (Wildman–Crippen MR) is 231 cm³/mol. The number of pyridine rings is 2. The summed E-state index contributed by atoms with van der Waals surface area (Å²) in [6.07, 6.45) is 20.0. The molecule has 2 aliphatic rings. The van der Waals surface area contributed by atoms with Gasteiger partial charge in [0.1, 0.15) is 27.4 Å². The van der Waals surface area contributed by atoms with Crippen LogP contribution < -0.4 is 9.13 Å². The number of hydrogen-bond acceptors (Lipinski definition) is 8. The summed E-state index contributed by atoms with van der Waals surface area (Å²) in [5.41, 5.74) is 11.8. The molecule has 12 nitrogen and oxygen atoms in total. The molecule has 0 saturated heterocycles. The van der Waals surface area contributed by atoms with Crippen LogP contribution in [0.2, 0.25) is 0 Å². The first-order chi connectivity index (χ1) is 28.6. The van der Waals surface area contributed by atoms with Gasteiger partial charge in [-0.25, -0.2) is 9.97 Å². The van der Waals surface area contributed by atoms with E-state index in [1.165, 1.54) is 0 Å². The standard InChI is InChI=1S/C46H51N8O4/c1-5-7-27-57-29-25-53-23-11-9-13-43(53)45-39-19-15-35(49-39)33(31-47-55-3)37-17-21-41(51-37)46(44-14-10-12-24-54(44)26-30-58-28-8-6-2)42-22-18-38(52-42)34(32-48-56-4)36-16-20-40(45)50-36/h9-24,31-32H,5-8,25-30H2,1-4H3,(H,49,50,51,52)/q+1/p+1. The van der Waals surface area contributed by atoms with E-state index in [2.05, 4.69) is 116 Å². The number of aromatic amines is 2. The Morgan fingerprint density at radius 2 is 0.983 bits per heavy atom. The summed E-state index contributed by atoms with van der Waals surface area (Å²) in [6, 6.07) is 20.7. The molecule has 12 heteroatoms. The van der Waals surface area contributed by atoms with Crippen molar-refractivity contribution < 1.29 is 28.3 Å². The minimum atomic E-state index is 0.594. The summed E-state index contributed by atoms with van der Waals surface area (Å²) in [7, 11) is 3.08. The molecule has 7 rings (SSSR count). The first-order valence-electron chi connectivity index (χ1n) is 20.1. The second kappa shape index (κ2) is 19.8. The number of unbranched alkanes of at least 4 members (excludes halogenated alkanes) is 2. The van der Waals surface area contributed by atoms with Crippen LogP contribution in [0.25, 0.3) is 68.9 Å². The monoisotopic (exact) mass is 780 g/mol. The summed E-state index contributed by atoms with van der Waals surface area (Å²) in [5, 5.41) is 8.45. The highest BCUT2D eigenvalue weighted by molar-refractivity contribution is 6.00. The zero-order valence-electron chi connectivity index (χ0n) is 33.8. The van der Waals surface area contributed by atoms with Gasteiger partial charge in [-0.15, -0.1) is 0 Å². The molecule has 7 heterocycles. The third kappa shape index (κ3) is 9.14. The fourth-order valence-corrected chi connectivity index (χ4v) is 7.09. The molecule has 298 valence electrons. The second-order valence-corrected chi connectivity index (χ2v) is 13.9. The SMILES string of the molecule is CCCCOCC[n+]1ccccc1-c1c2nc(c(C=NOC)c3ccc([nH]3)c(-c3cccc[n+]3CCOCCCC)c3nc(c(C=NOC)c4ccc1[nH]4)C=C3)C=C2. The maximum Gasteiger partial charge on any atom is 0.216 e. The molecule has 58 heavy (non-hydrogen) atoms. The molecule has 5 aromatic rings. The second-order valence-electron chi connectivity index (χ2n) is 13.9. The van der Waals surface area contributed by atoms with E-state index in [0.29, 0.717) is 26.3 Å². The van der Waals surface area contributed by atoms with Crippen molar-refractivity contribution >= 4 is 58.8 Å². The third-order valence-corrected chi connectivity index (χ3v) is 10.0. The maximum atomic E-state index is 6.01. The van der Waals surface area contributed by atoms with Crippen LogP contribution in [0.5, 0.6) is 0 Å². The number of hydrogen-bond donors (Lipinski definition) is 2. The summed E-state index contributed by atoms with van der Waals surface area (Å²) in [4.78, 5) is 28.5. The van der Waals surface area contributed by atoms with E-state index in [1.807, 2.05) is 24.3 Å². The smallest absolute Gasteiger partial charge is 0.216 e. The number of nitrogens with one attached hydrogen (secondary N) is 2. The lowest BCUT2D eigenvalue weighted by atomic mass is 10.1. The van der Waals surface area contributed by atoms with Crippen molar-refractivity contribution in [2.75, 3.05) is 40.6 Å². The normalized spacial score (nSPS) is 12.3. The molecule has 2 aliphatic heterocycles. The van der Waals surface area contributed by atoms with Crippen LogP contribution in [0.1, 0.15) is 73.4 Å². The maximum absolute atomic E-state index is 6.01. The predicted octanol–water partition coefficient (Wildman–Crippen LogP) is 8.16. The van der Waals surface area contributed by atoms with Gasteiger partial charge < -0.3 is 29.1 Å². The minimum Gasteiger partial charge on any atom is -0.399 e. The highest BCUT2D eigenvalue weighted by Crippen LogP contribution is 2.32. The topological polar surface area (TPSA) is 127 Å². The number of oxime groups is 2. The van der Waals surface area contributed by atoms with Crippen LogP contribution >= 0.6 is 0 Å². The number of nitrogens with zero attached hydrogens (tertiary/aromatic N) is 6. The Morgan fingerprint density at radius 1 is 0.552 bits per heavy atom. The molecule has 0 atom stereocenters. The van der Waals surface area contributed by atoms with E-state index in [9.17, 15) is 0 Å². The quantitative estimate of drug-likeness (QED) is 0.0392. The number of ether oxygens (including phenoxy) is 2. The zero-order valence-corrected chi connectivity index (χ0v) is 33.8. The summed E-state index contributed by atoms with van der Waals surface area (Å²) in [5.74, 6) is 0. The third-order valence-electron chi connectivity index (χ3n) is 10.0. The van der Waals surface area contributed by atoms with Gasteiger partial charge in [-0.3, -0.25) is 0 Å². The van der Waals surface area contributed by atoms with Gasteiger partial charge >= 0.3 is 0 Å². The molecular weight excluding hydrogens is 729 g/mol. The lowest BCUT2D eigenvalue weighted by Crippen LogP contribution is -2.38. The largest absolute Gasteiger partial charge is 0.399 e. The Morgan fingerprint density at radius 3 is 1.41 bits per heavy atom. The first kappa shape index (κ1) is 40.0. The van der Waals surface area contributed by atoms with Crippen LogP contribution in [0, 0.1) is 0 Å². The molecule has 0 amide bonds. The molecule has 0 saturated carbocycles. The Kier molecular flexibility index (Phi) is 13.6. The Hall–Kier alpha value is -6.24. The summed E-state index contributed by atoms with van der Waals surface area (Å²) < 4.78 is 16.4. The van der Waals surface area contributed by atoms with Gasteiger partial charge in [0.25, 0.3) is 0 Å². The summed E-state index contributed by atoms with van der Waals surface area (Å²) >= 11 is 0. The van der Waals surface area contributed by atoms with Gasteiger partial charge in [-0.2, -0.15) is 9.13 Å². The molecule has 5 aromatic heterocycles. The van der Waals surface area contributed by atoms with E-state index in [1.54, 1.807) is 26.6 Å². The molecular formula is C46H52N8O4+2. The lowest BCUT2D eigenvalue weighted by molar-refractivity contribution is -0.688. The average molecular weight is 781 g/mol. The van der Waals surface area contributed by atoms with Gasteiger partial charge in [-0.05, 0) is 73.5 Å². The van der Waals surface area contributed by atoms with Crippen molar-refractivity contribution in [1.82, 2.24) is 19.9 Å². The lowest BCUT2D eigenvalue weighted by Gasteiger charge is -2.07. The Balaban J connectivity index is 1.52. The number of H-pyrrole nitrogens is 2. The Bertz CT molecular complexity index is 2320. The van der Waals surface area contributed by atoms with Crippen LogP contribution in [-0.2, 0) is 32.2 Å². The fourth-order valence-electron chi connectivity index (χ4n) is 7.09. The van der Waals surface area contributed by atoms with Crippen LogP contribution in [-0.4, -0.2) is 73.0 Å².